The van der Waals surface area contributed by atoms with E-state index in [0.717, 1.165) is 11.8 Å². The fourth-order valence-corrected chi connectivity index (χ4v) is 1.80. The Labute approximate surface area is 113 Å². The molecule has 0 radical (unpaired) electrons. The molecule has 8 heteroatoms. The van der Waals surface area contributed by atoms with E-state index in [9.17, 15) is 4.79 Å². The number of carbonyl (C=O) groups excluding carboxylic acids is 1. The lowest BCUT2D eigenvalue weighted by Gasteiger charge is -2.02. The molecule has 0 aliphatic rings. The largest absolute Gasteiger partial charge is 0.401 e. The first kappa shape index (κ1) is 14.5. The Kier molecular flexibility index (Phi) is 4.86. The minimum absolute atomic E-state index is 0.0250. The second-order valence-corrected chi connectivity index (χ2v) is 4.39. The highest BCUT2D eigenvalue weighted by Gasteiger charge is 2.13. The van der Waals surface area contributed by atoms with E-state index in [1.54, 1.807) is 6.07 Å². The predicted molar refractivity (Wildman–Crippen MR) is 69.4 cm³/mol. The summed E-state index contributed by atoms with van der Waals surface area (Å²) in [4.78, 5) is 19.4. The summed E-state index contributed by atoms with van der Waals surface area (Å²) >= 11 is 1.02. The van der Waals surface area contributed by atoms with Crippen LogP contribution in [0.5, 0.6) is 0 Å². The van der Waals surface area contributed by atoms with E-state index in [0.29, 0.717) is 0 Å². The third-order valence-corrected chi connectivity index (χ3v) is 2.90. The van der Waals surface area contributed by atoms with Gasteiger partial charge in [-0.05, 0) is 6.92 Å². The van der Waals surface area contributed by atoms with Crippen molar-refractivity contribution in [3.8, 4) is 12.1 Å². The molecule has 0 spiro atoms. The fraction of sp³-hybridized carbons (Fsp3) is 0.182. The first-order chi connectivity index (χ1) is 8.99. The monoisotopic (exact) mass is 274 g/mol. The third-order valence-electron chi connectivity index (χ3n) is 2.03. The SMILES string of the molecule is C/C(N)=C(/C#N)C(=O)CSc1ncc(C#N)c(N)n1. The summed E-state index contributed by atoms with van der Waals surface area (Å²) < 4.78 is 0. The standard InChI is InChI=1S/C11H10N6OS/c1-6(14)8(3-13)9(18)5-19-11-16-4-7(2-12)10(15)17-11/h4H,5,14H2,1H3,(H2,15,16,17)/b8-6+. The zero-order chi connectivity index (χ0) is 14.4. The van der Waals surface area contributed by atoms with Crippen molar-refractivity contribution >= 4 is 23.4 Å². The van der Waals surface area contributed by atoms with Crippen molar-refractivity contribution in [1.29, 1.82) is 10.5 Å². The summed E-state index contributed by atoms with van der Waals surface area (Å²) in [7, 11) is 0. The number of nitrogens with two attached hydrogens (primary N) is 2. The number of ketones is 1. The number of hydrogen-bond donors (Lipinski definition) is 2. The highest BCUT2D eigenvalue weighted by Crippen LogP contribution is 2.17. The van der Waals surface area contributed by atoms with Crippen LogP contribution in [0.3, 0.4) is 0 Å². The predicted octanol–water partition coefficient (Wildman–Crippen LogP) is 0.348. The van der Waals surface area contributed by atoms with Gasteiger partial charge in [0, 0.05) is 5.70 Å². The van der Waals surface area contributed by atoms with Crippen LogP contribution in [0.15, 0.2) is 22.6 Å². The van der Waals surface area contributed by atoms with Gasteiger partial charge >= 0.3 is 0 Å². The quantitative estimate of drug-likeness (QED) is 0.346. The molecule has 0 amide bonds. The summed E-state index contributed by atoms with van der Waals surface area (Å²) in [6.07, 6.45) is 1.28. The van der Waals surface area contributed by atoms with Gasteiger partial charge in [0.05, 0.1) is 11.9 Å². The van der Waals surface area contributed by atoms with Gasteiger partial charge in [-0.1, -0.05) is 11.8 Å². The number of rotatable bonds is 4. The van der Waals surface area contributed by atoms with Crippen LogP contribution >= 0.6 is 11.8 Å². The number of anilines is 1. The molecule has 7 nitrogen and oxygen atoms in total. The molecular formula is C11H10N6OS. The molecule has 0 bridgehead atoms. The number of nitrogen functional groups attached to an aromatic ring is 1. The van der Waals surface area contributed by atoms with Crippen LogP contribution in [0.2, 0.25) is 0 Å². The molecule has 0 saturated carbocycles. The Morgan fingerprint density at radius 3 is 2.68 bits per heavy atom. The lowest BCUT2D eigenvalue weighted by Crippen LogP contribution is -2.10. The van der Waals surface area contributed by atoms with Gasteiger partial charge < -0.3 is 11.5 Å². The van der Waals surface area contributed by atoms with E-state index in [2.05, 4.69) is 9.97 Å². The molecule has 1 aromatic rings. The van der Waals surface area contributed by atoms with Crippen molar-refractivity contribution in [2.75, 3.05) is 11.5 Å². The molecule has 0 aliphatic carbocycles. The molecule has 0 saturated heterocycles. The van der Waals surface area contributed by atoms with Crippen LogP contribution in [0.25, 0.3) is 0 Å². The first-order valence-electron chi connectivity index (χ1n) is 5.04. The molecule has 0 atom stereocenters. The van der Waals surface area contributed by atoms with Crippen LogP contribution in [0.4, 0.5) is 5.82 Å². The number of aromatic nitrogens is 2. The first-order valence-corrected chi connectivity index (χ1v) is 6.03. The van der Waals surface area contributed by atoms with Crippen molar-refractivity contribution in [3.63, 3.8) is 0 Å². The summed E-state index contributed by atoms with van der Waals surface area (Å²) in [5, 5.41) is 17.7. The van der Waals surface area contributed by atoms with Crippen LogP contribution in [0.1, 0.15) is 12.5 Å². The molecule has 0 aromatic carbocycles. The minimum atomic E-state index is -0.404. The highest BCUT2D eigenvalue weighted by atomic mass is 32.2. The molecule has 19 heavy (non-hydrogen) atoms. The second kappa shape index (κ2) is 6.38. The molecule has 0 aliphatic heterocycles. The van der Waals surface area contributed by atoms with E-state index in [1.807, 2.05) is 6.07 Å². The average Bonchev–Trinajstić information content (AvgIpc) is 2.37. The van der Waals surface area contributed by atoms with E-state index in [-0.39, 0.29) is 33.6 Å². The molecule has 4 N–H and O–H groups in total. The maximum Gasteiger partial charge on any atom is 0.189 e. The molecule has 0 unspecified atom stereocenters. The number of thioether (sulfide) groups is 1. The highest BCUT2D eigenvalue weighted by molar-refractivity contribution is 7.99. The lowest BCUT2D eigenvalue weighted by molar-refractivity contribution is -0.112. The maximum absolute atomic E-state index is 11.7. The van der Waals surface area contributed by atoms with Gasteiger partial charge in [-0.15, -0.1) is 0 Å². The van der Waals surface area contributed by atoms with Gasteiger partial charge in [0.1, 0.15) is 29.1 Å². The van der Waals surface area contributed by atoms with Crippen LogP contribution in [-0.2, 0) is 4.79 Å². The number of nitrogens with zero attached hydrogens (tertiary/aromatic N) is 4. The minimum Gasteiger partial charge on any atom is -0.401 e. The normalized spacial score (nSPS) is 11.1. The zero-order valence-electron chi connectivity index (χ0n) is 10.0. The Balaban J connectivity index is 2.77. The Morgan fingerprint density at radius 2 is 2.21 bits per heavy atom. The zero-order valence-corrected chi connectivity index (χ0v) is 10.9. The van der Waals surface area contributed by atoms with Gasteiger partial charge in [-0.25, -0.2) is 9.97 Å². The third kappa shape index (κ3) is 3.69. The topological polar surface area (TPSA) is 142 Å². The van der Waals surface area contributed by atoms with Gasteiger partial charge in [0.2, 0.25) is 0 Å². The molecular weight excluding hydrogens is 264 g/mol. The lowest BCUT2D eigenvalue weighted by atomic mass is 10.2. The molecule has 96 valence electrons. The number of Topliss-reactive ketones (excluding diaryl/α,β-unsaturated/α-hetero) is 1. The number of allylic oxidation sites excluding steroid dienone is 2. The molecule has 1 heterocycles. The van der Waals surface area contributed by atoms with Gasteiger partial charge in [0.15, 0.2) is 10.9 Å². The number of nitriles is 2. The summed E-state index contributed by atoms with van der Waals surface area (Å²) in [6.45, 7) is 1.48. The van der Waals surface area contributed by atoms with Crippen molar-refractivity contribution in [1.82, 2.24) is 9.97 Å². The van der Waals surface area contributed by atoms with Crippen molar-refractivity contribution in [2.24, 2.45) is 5.73 Å². The molecule has 1 rings (SSSR count). The smallest absolute Gasteiger partial charge is 0.189 e. The van der Waals surface area contributed by atoms with E-state index < -0.39 is 5.78 Å². The number of carbonyl (C=O) groups is 1. The average molecular weight is 274 g/mol. The molecule has 1 aromatic heterocycles. The molecule has 0 fully saturated rings. The second-order valence-electron chi connectivity index (χ2n) is 3.44. The van der Waals surface area contributed by atoms with E-state index in [1.165, 1.54) is 13.1 Å². The fourth-order valence-electron chi connectivity index (χ4n) is 1.11. The Hall–Kier alpha value is -2.58. The van der Waals surface area contributed by atoms with Crippen LogP contribution < -0.4 is 11.5 Å². The van der Waals surface area contributed by atoms with Gasteiger partial charge in [0.25, 0.3) is 0 Å². The van der Waals surface area contributed by atoms with Crippen molar-refractivity contribution in [2.45, 2.75) is 12.1 Å². The van der Waals surface area contributed by atoms with E-state index >= 15 is 0 Å². The summed E-state index contributed by atoms with van der Waals surface area (Å²) in [5.74, 6) is -0.375. The maximum atomic E-state index is 11.7. The van der Waals surface area contributed by atoms with Crippen LogP contribution in [-0.4, -0.2) is 21.5 Å². The Morgan fingerprint density at radius 1 is 1.53 bits per heavy atom. The summed E-state index contributed by atoms with van der Waals surface area (Å²) in [5.41, 5.74) is 11.2. The van der Waals surface area contributed by atoms with E-state index in [4.69, 9.17) is 22.0 Å². The van der Waals surface area contributed by atoms with Crippen molar-refractivity contribution in [3.05, 3.63) is 23.0 Å². The van der Waals surface area contributed by atoms with Gasteiger partial charge in [-0.2, -0.15) is 10.5 Å². The summed E-state index contributed by atoms with van der Waals surface area (Å²) in [6, 6.07) is 3.59. The number of hydrogen-bond acceptors (Lipinski definition) is 8. The van der Waals surface area contributed by atoms with Gasteiger partial charge in [-0.3, -0.25) is 4.79 Å². The van der Waals surface area contributed by atoms with Crippen LogP contribution in [0, 0.1) is 22.7 Å². The Bertz CT molecular complexity index is 621. The van der Waals surface area contributed by atoms with Crippen molar-refractivity contribution < 1.29 is 4.79 Å².